The average Bonchev–Trinajstić information content (AvgIpc) is 2.43. The van der Waals surface area contributed by atoms with Crippen LogP contribution in [0.3, 0.4) is 0 Å². The van der Waals surface area contributed by atoms with Crippen molar-refractivity contribution in [3.63, 3.8) is 0 Å². The number of nitrogens with zero attached hydrogens (tertiary/aromatic N) is 1. The Morgan fingerprint density at radius 3 is 2.26 bits per heavy atom. The zero-order valence-corrected chi connectivity index (χ0v) is 16.9. The molecule has 1 atom stereocenters. The predicted molar refractivity (Wildman–Crippen MR) is 97.9 cm³/mol. The van der Waals surface area contributed by atoms with Gasteiger partial charge in [-0.3, -0.25) is 4.90 Å². The highest BCUT2D eigenvalue weighted by atomic mass is 16.5. The van der Waals surface area contributed by atoms with Gasteiger partial charge >= 0.3 is 0 Å². The minimum Gasteiger partial charge on any atom is -0.379 e. The monoisotopic (exact) mass is 331 g/mol. The van der Waals surface area contributed by atoms with E-state index in [1.165, 1.54) is 0 Å². The van der Waals surface area contributed by atoms with Gasteiger partial charge in [0.1, 0.15) is 0 Å². The van der Waals surface area contributed by atoms with Crippen molar-refractivity contribution in [3.8, 4) is 0 Å². The van der Waals surface area contributed by atoms with Crippen molar-refractivity contribution in [3.05, 3.63) is 0 Å². The van der Waals surface area contributed by atoms with Gasteiger partial charge in [-0.2, -0.15) is 0 Å². The number of rotatable bonds is 14. The molecule has 0 amide bonds. The maximum absolute atomic E-state index is 5.94. The van der Waals surface area contributed by atoms with Crippen molar-refractivity contribution in [2.75, 3.05) is 40.6 Å². The molecule has 0 aromatic carbocycles. The summed E-state index contributed by atoms with van der Waals surface area (Å²) in [6, 6.07) is 0. The third-order valence-corrected chi connectivity index (χ3v) is 4.28. The SMILES string of the molecule is CCCC(C)(C)OCCN(C)COCCC(C)CC(C)(C)OC. The van der Waals surface area contributed by atoms with E-state index >= 15 is 0 Å². The minimum absolute atomic E-state index is 0.0139. The highest BCUT2D eigenvalue weighted by Gasteiger charge is 2.20. The zero-order chi connectivity index (χ0) is 17.9. The lowest BCUT2D eigenvalue weighted by Crippen LogP contribution is -2.31. The summed E-state index contributed by atoms with van der Waals surface area (Å²) in [5, 5.41) is 0. The van der Waals surface area contributed by atoms with E-state index in [-0.39, 0.29) is 11.2 Å². The Morgan fingerprint density at radius 1 is 1.04 bits per heavy atom. The third kappa shape index (κ3) is 12.9. The van der Waals surface area contributed by atoms with Crippen LogP contribution in [0.1, 0.15) is 67.2 Å². The summed E-state index contributed by atoms with van der Waals surface area (Å²) in [5.74, 6) is 0.605. The Hall–Kier alpha value is -0.160. The molecule has 0 saturated carbocycles. The highest BCUT2D eigenvalue weighted by Crippen LogP contribution is 2.21. The summed E-state index contributed by atoms with van der Waals surface area (Å²) < 4.78 is 17.2. The first-order chi connectivity index (χ1) is 10.6. The molecule has 0 bridgehead atoms. The van der Waals surface area contributed by atoms with Gasteiger partial charge in [-0.1, -0.05) is 20.3 Å². The predicted octanol–water partition coefficient (Wildman–Crippen LogP) is 4.33. The average molecular weight is 332 g/mol. The number of methoxy groups -OCH3 is 1. The van der Waals surface area contributed by atoms with E-state index in [0.29, 0.717) is 12.6 Å². The molecule has 0 rings (SSSR count). The molecule has 0 aliphatic carbocycles. The fraction of sp³-hybridized carbons (Fsp3) is 1.00. The van der Waals surface area contributed by atoms with E-state index in [4.69, 9.17) is 14.2 Å². The Balaban J connectivity index is 3.69. The smallest absolute Gasteiger partial charge is 0.0988 e. The normalized spacial score (nSPS) is 14.5. The van der Waals surface area contributed by atoms with E-state index < -0.39 is 0 Å². The topological polar surface area (TPSA) is 30.9 Å². The first-order valence-electron chi connectivity index (χ1n) is 9.07. The van der Waals surface area contributed by atoms with Crippen LogP contribution in [-0.2, 0) is 14.2 Å². The van der Waals surface area contributed by atoms with Crippen LogP contribution >= 0.6 is 0 Å². The second kappa shape index (κ2) is 11.4. The first kappa shape index (κ1) is 22.8. The Morgan fingerprint density at radius 2 is 1.70 bits per heavy atom. The van der Waals surface area contributed by atoms with Crippen LogP contribution in [0.25, 0.3) is 0 Å². The van der Waals surface area contributed by atoms with Crippen LogP contribution in [0.15, 0.2) is 0 Å². The molecule has 0 aliphatic heterocycles. The van der Waals surface area contributed by atoms with Crippen molar-refractivity contribution in [1.29, 1.82) is 0 Å². The number of likely N-dealkylation sites (N-methyl/N-ethyl adjacent to an activating group) is 1. The maximum Gasteiger partial charge on any atom is 0.0988 e. The van der Waals surface area contributed by atoms with Crippen LogP contribution < -0.4 is 0 Å². The summed E-state index contributed by atoms with van der Waals surface area (Å²) >= 11 is 0. The van der Waals surface area contributed by atoms with Gasteiger partial charge in [0, 0.05) is 20.3 Å². The molecule has 1 unspecified atom stereocenters. The lowest BCUT2D eigenvalue weighted by atomic mass is 9.93. The fourth-order valence-electron chi connectivity index (χ4n) is 2.75. The zero-order valence-electron chi connectivity index (χ0n) is 16.9. The molecule has 0 saturated heterocycles. The Kier molecular flexibility index (Phi) is 11.3. The first-order valence-corrected chi connectivity index (χ1v) is 9.07. The molecule has 0 N–H and O–H groups in total. The lowest BCUT2D eigenvalue weighted by Gasteiger charge is -2.27. The molecule has 23 heavy (non-hydrogen) atoms. The van der Waals surface area contributed by atoms with Crippen molar-refractivity contribution < 1.29 is 14.2 Å². The highest BCUT2D eigenvalue weighted by molar-refractivity contribution is 4.71. The van der Waals surface area contributed by atoms with Crippen molar-refractivity contribution in [2.24, 2.45) is 5.92 Å². The molecular weight excluding hydrogens is 290 g/mol. The van der Waals surface area contributed by atoms with E-state index in [9.17, 15) is 0 Å². The van der Waals surface area contributed by atoms with Gasteiger partial charge in [-0.05, 0) is 59.9 Å². The van der Waals surface area contributed by atoms with Crippen molar-refractivity contribution >= 4 is 0 Å². The Bertz CT molecular complexity index is 292. The van der Waals surface area contributed by atoms with Gasteiger partial charge in [0.2, 0.25) is 0 Å². The van der Waals surface area contributed by atoms with Crippen LogP contribution in [0, 0.1) is 5.92 Å². The molecule has 4 heteroatoms. The van der Waals surface area contributed by atoms with Crippen LogP contribution in [0.2, 0.25) is 0 Å². The quantitative estimate of drug-likeness (QED) is 0.350. The second-order valence-corrected chi connectivity index (χ2v) is 8.04. The molecule has 140 valence electrons. The largest absolute Gasteiger partial charge is 0.379 e. The summed E-state index contributed by atoms with van der Waals surface area (Å²) in [6.45, 7) is 16.2. The second-order valence-electron chi connectivity index (χ2n) is 8.04. The van der Waals surface area contributed by atoms with E-state index in [2.05, 4.69) is 53.5 Å². The summed E-state index contributed by atoms with van der Waals surface area (Å²) in [4.78, 5) is 2.17. The van der Waals surface area contributed by atoms with Gasteiger partial charge < -0.3 is 14.2 Å². The molecule has 0 aliphatic rings. The van der Waals surface area contributed by atoms with Gasteiger partial charge in [0.05, 0.1) is 24.5 Å². The molecule has 0 aromatic rings. The lowest BCUT2D eigenvalue weighted by molar-refractivity contribution is -0.0443. The molecule has 0 heterocycles. The molecule has 0 fully saturated rings. The minimum atomic E-state index is -0.0428. The number of hydrogen-bond acceptors (Lipinski definition) is 4. The van der Waals surface area contributed by atoms with E-state index in [1.807, 2.05) is 0 Å². The number of hydrogen-bond donors (Lipinski definition) is 0. The molecule has 4 nitrogen and oxygen atoms in total. The summed E-state index contributed by atoms with van der Waals surface area (Å²) in [6.07, 6.45) is 4.39. The molecule has 0 aromatic heterocycles. The van der Waals surface area contributed by atoms with E-state index in [1.54, 1.807) is 7.11 Å². The number of ether oxygens (including phenoxy) is 3. The third-order valence-electron chi connectivity index (χ3n) is 4.28. The van der Waals surface area contributed by atoms with Gasteiger partial charge in [0.25, 0.3) is 0 Å². The van der Waals surface area contributed by atoms with Gasteiger partial charge in [-0.25, -0.2) is 0 Å². The fourth-order valence-corrected chi connectivity index (χ4v) is 2.75. The van der Waals surface area contributed by atoms with Gasteiger partial charge in [-0.15, -0.1) is 0 Å². The van der Waals surface area contributed by atoms with Crippen LogP contribution in [0.5, 0.6) is 0 Å². The van der Waals surface area contributed by atoms with Gasteiger partial charge in [0.15, 0.2) is 0 Å². The van der Waals surface area contributed by atoms with Crippen molar-refractivity contribution in [1.82, 2.24) is 4.90 Å². The summed E-state index contributed by atoms with van der Waals surface area (Å²) in [7, 11) is 3.86. The van der Waals surface area contributed by atoms with Crippen LogP contribution in [-0.4, -0.2) is 56.7 Å². The van der Waals surface area contributed by atoms with E-state index in [0.717, 1.165) is 45.4 Å². The maximum atomic E-state index is 5.94. The molecular formula is C19H41NO3. The molecule has 0 radical (unpaired) electrons. The summed E-state index contributed by atoms with van der Waals surface area (Å²) in [5.41, 5.74) is -0.0567. The molecule has 0 spiro atoms. The Labute approximate surface area is 144 Å². The standard InChI is InChI=1S/C19H41NO3/c1-9-11-18(3,4)23-14-12-20(7)16-22-13-10-17(2)15-19(5,6)21-8/h17H,9-16H2,1-8H3. The van der Waals surface area contributed by atoms with Crippen molar-refractivity contribution in [2.45, 2.75) is 78.4 Å². The van der Waals surface area contributed by atoms with Crippen LogP contribution in [0.4, 0.5) is 0 Å².